The van der Waals surface area contributed by atoms with Crippen molar-refractivity contribution in [1.29, 1.82) is 0 Å². The molecule has 1 amide bonds. The number of carbonyl (C=O) groups is 1. The van der Waals surface area contributed by atoms with E-state index in [1.807, 2.05) is 38.1 Å². The highest BCUT2D eigenvalue weighted by atomic mass is 32.1. The molecule has 5 heteroatoms. The van der Waals surface area contributed by atoms with Crippen molar-refractivity contribution in [2.24, 2.45) is 0 Å². The summed E-state index contributed by atoms with van der Waals surface area (Å²) in [5.74, 6) is -0.124. The first-order valence-electron chi connectivity index (χ1n) is 7.09. The fraction of sp³-hybridized carbons (Fsp3) is 0.375. The van der Waals surface area contributed by atoms with Gasteiger partial charge in [0.2, 0.25) is 0 Å². The molecular weight excluding hydrogens is 284 g/mol. The van der Waals surface area contributed by atoms with Gasteiger partial charge in [-0.15, -0.1) is 11.3 Å². The van der Waals surface area contributed by atoms with Gasteiger partial charge in [-0.1, -0.05) is 29.8 Å². The molecule has 1 aromatic carbocycles. The molecule has 4 nitrogen and oxygen atoms in total. The average Bonchev–Trinajstić information content (AvgIpc) is 2.97. The van der Waals surface area contributed by atoms with Crippen LogP contribution in [0.3, 0.4) is 0 Å². The maximum atomic E-state index is 12.0. The van der Waals surface area contributed by atoms with Gasteiger partial charge in [-0.3, -0.25) is 4.79 Å². The van der Waals surface area contributed by atoms with E-state index in [-0.39, 0.29) is 5.91 Å². The van der Waals surface area contributed by atoms with Gasteiger partial charge in [0.25, 0.3) is 5.91 Å². The van der Waals surface area contributed by atoms with Crippen LogP contribution in [-0.2, 0) is 4.74 Å². The van der Waals surface area contributed by atoms with Gasteiger partial charge in [0.05, 0.1) is 0 Å². The Morgan fingerprint density at radius 1 is 1.33 bits per heavy atom. The first kappa shape index (κ1) is 15.7. The van der Waals surface area contributed by atoms with Crippen LogP contribution in [0.4, 0.5) is 0 Å². The van der Waals surface area contributed by atoms with Crippen LogP contribution in [0.15, 0.2) is 29.6 Å². The monoisotopic (exact) mass is 304 g/mol. The van der Waals surface area contributed by atoms with Crippen molar-refractivity contribution in [3.8, 4) is 10.6 Å². The second-order valence-corrected chi connectivity index (χ2v) is 5.57. The Bertz CT molecular complexity index is 578. The van der Waals surface area contributed by atoms with E-state index in [1.54, 1.807) is 5.38 Å². The second-order valence-electron chi connectivity index (χ2n) is 4.71. The number of carbonyl (C=O) groups excluding carboxylic acids is 1. The van der Waals surface area contributed by atoms with E-state index in [4.69, 9.17) is 4.74 Å². The molecule has 0 bridgehead atoms. The Morgan fingerprint density at radius 2 is 2.10 bits per heavy atom. The molecule has 112 valence electrons. The van der Waals surface area contributed by atoms with E-state index in [2.05, 4.69) is 10.3 Å². The third-order valence-corrected chi connectivity index (χ3v) is 3.88. The lowest BCUT2D eigenvalue weighted by Gasteiger charge is -2.03. The van der Waals surface area contributed by atoms with Crippen molar-refractivity contribution in [3.63, 3.8) is 0 Å². The topological polar surface area (TPSA) is 51.2 Å². The summed E-state index contributed by atoms with van der Waals surface area (Å²) in [5, 5.41) is 5.53. The van der Waals surface area contributed by atoms with Crippen molar-refractivity contribution in [2.45, 2.75) is 20.3 Å². The predicted molar refractivity (Wildman–Crippen MR) is 85.7 cm³/mol. The molecule has 1 heterocycles. The minimum atomic E-state index is -0.124. The van der Waals surface area contributed by atoms with E-state index in [9.17, 15) is 4.79 Å². The summed E-state index contributed by atoms with van der Waals surface area (Å²) in [7, 11) is 0. The van der Waals surface area contributed by atoms with E-state index in [0.717, 1.165) is 17.0 Å². The molecule has 21 heavy (non-hydrogen) atoms. The third kappa shape index (κ3) is 4.65. The number of benzene rings is 1. The standard InChI is InChI=1S/C16H20N2O2S/c1-3-20-10-4-9-17-15(19)14-11-21-16(18-14)13-7-5-12(2)6-8-13/h5-8,11H,3-4,9-10H2,1-2H3,(H,17,19). The van der Waals surface area contributed by atoms with Gasteiger partial charge in [0.15, 0.2) is 0 Å². The number of rotatable bonds is 7. The van der Waals surface area contributed by atoms with Crippen molar-refractivity contribution in [1.82, 2.24) is 10.3 Å². The summed E-state index contributed by atoms with van der Waals surface area (Å²) in [6.07, 6.45) is 0.814. The van der Waals surface area contributed by atoms with Crippen LogP contribution in [0.1, 0.15) is 29.4 Å². The van der Waals surface area contributed by atoms with Crippen LogP contribution in [-0.4, -0.2) is 30.6 Å². The Labute approximate surface area is 129 Å². The number of aromatic nitrogens is 1. The Balaban J connectivity index is 1.90. The van der Waals surface area contributed by atoms with Crippen LogP contribution >= 0.6 is 11.3 Å². The summed E-state index contributed by atoms with van der Waals surface area (Å²) in [5.41, 5.74) is 2.73. The van der Waals surface area contributed by atoms with Crippen LogP contribution in [0.25, 0.3) is 10.6 Å². The van der Waals surface area contributed by atoms with E-state index in [1.165, 1.54) is 16.9 Å². The molecule has 0 spiro atoms. The molecule has 2 rings (SSSR count). The van der Waals surface area contributed by atoms with Crippen LogP contribution in [0.2, 0.25) is 0 Å². The molecule has 2 aromatic rings. The van der Waals surface area contributed by atoms with Gasteiger partial charge in [0, 0.05) is 30.7 Å². The summed E-state index contributed by atoms with van der Waals surface area (Å²) < 4.78 is 5.23. The quantitative estimate of drug-likeness (QED) is 0.799. The van der Waals surface area contributed by atoms with Crippen molar-refractivity contribution < 1.29 is 9.53 Å². The maximum Gasteiger partial charge on any atom is 0.270 e. The molecule has 0 atom stereocenters. The fourth-order valence-electron chi connectivity index (χ4n) is 1.82. The lowest BCUT2D eigenvalue weighted by Crippen LogP contribution is -2.25. The molecule has 0 aliphatic carbocycles. The van der Waals surface area contributed by atoms with Gasteiger partial charge in [-0.25, -0.2) is 4.98 Å². The minimum absolute atomic E-state index is 0.124. The Hall–Kier alpha value is -1.72. The zero-order valence-corrected chi connectivity index (χ0v) is 13.2. The SMILES string of the molecule is CCOCCCNC(=O)c1csc(-c2ccc(C)cc2)n1. The first-order valence-corrected chi connectivity index (χ1v) is 7.97. The number of amides is 1. The number of thiazole rings is 1. The Kier molecular flexibility index (Phi) is 5.90. The van der Waals surface area contributed by atoms with Gasteiger partial charge in [-0.05, 0) is 20.3 Å². The molecule has 0 aliphatic heterocycles. The van der Waals surface area contributed by atoms with Gasteiger partial charge >= 0.3 is 0 Å². The molecule has 0 fully saturated rings. The molecule has 0 saturated carbocycles. The average molecular weight is 304 g/mol. The molecule has 1 aromatic heterocycles. The van der Waals surface area contributed by atoms with Crippen molar-refractivity contribution in [3.05, 3.63) is 40.9 Å². The molecule has 1 N–H and O–H groups in total. The molecule has 0 radical (unpaired) electrons. The maximum absolute atomic E-state index is 12.0. The predicted octanol–water partition coefficient (Wildman–Crippen LogP) is 3.27. The number of hydrogen-bond acceptors (Lipinski definition) is 4. The molecule has 0 aliphatic rings. The highest BCUT2D eigenvalue weighted by Crippen LogP contribution is 2.23. The number of nitrogens with one attached hydrogen (secondary N) is 1. The Morgan fingerprint density at radius 3 is 2.81 bits per heavy atom. The summed E-state index contributed by atoms with van der Waals surface area (Å²) in [6.45, 7) is 5.99. The van der Waals surface area contributed by atoms with Gasteiger partial charge < -0.3 is 10.1 Å². The molecule has 0 saturated heterocycles. The molecular formula is C16H20N2O2S. The van der Waals surface area contributed by atoms with Gasteiger partial charge in [-0.2, -0.15) is 0 Å². The normalized spacial score (nSPS) is 10.6. The molecule has 0 unspecified atom stereocenters. The number of nitrogens with zero attached hydrogens (tertiary/aromatic N) is 1. The largest absolute Gasteiger partial charge is 0.382 e. The van der Waals surface area contributed by atoms with Gasteiger partial charge in [0.1, 0.15) is 10.7 Å². The number of aryl methyl sites for hydroxylation is 1. The zero-order chi connectivity index (χ0) is 15.1. The summed E-state index contributed by atoms with van der Waals surface area (Å²) in [6, 6.07) is 8.14. The van der Waals surface area contributed by atoms with E-state index >= 15 is 0 Å². The van der Waals surface area contributed by atoms with Crippen LogP contribution < -0.4 is 5.32 Å². The number of hydrogen-bond donors (Lipinski definition) is 1. The third-order valence-electron chi connectivity index (χ3n) is 2.99. The number of ether oxygens (including phenoxy) is 1. The lowest BCUT2D eigenvalue weighted by atomic mass is 10.2. The highest BCUT2D eigenvalue weighted by molar-refractivity contribution is 7.13. The summed E-state index contributed by atoms with van der Waals surface area (Å²) >= 11 is 1.49. The zero-order valence-electron chi connectivity index (χ0n) is 12.4. The van der Waals surface area contributed by atoms with E-state index < -0.39 is 0 Å². The highest BCUT2D eigenvalue weighted by Gasteiger charge is 2.11. The summed E-state index contributed by atoms with van der Waals surface area (Å²) in [4.78, 5) is 16.4. The van der Waals surface area contributed by atoms with Crippen LogP contribution in [0, 0.1) is 6.92 Å². The lowest BCUT2D eigenvalue weighted by molar-refractivity contribution is 0.0940. The first-order chi connectivity index (χ1) is 10.2. The fourth-order valence-corrected chi connectivity index (χ4v) is 2.62. The second kappa shape index (κ2) is 7.90. The van der Waals surface area contributed by atoms with Crippen molar-refractivity contribution in [2.75, 3.05) is 19.8 Å². The van der Waals surface area contributed by atoms with Crippen molar-refractivity contribution >= 4 is 17.2 Å². The minimum Gasteiger partial charge on any atom is -0.382 e. The smallest absolute Gasteiger partial charge is 0.270 e. The van der Waals surface area contributed by atoms with Crippen LogP contribution in [0.5, 0.6) is 0 Å². The van der Waals surface area contributed by atoms with E-state index in [0.29, 0.717) is 25.5 Å².